The van der Waals surface area contributed by atoms with E-state index in [9.17, 15) is 0 Å². The van der Waals surface area contributed by atoms with E-state index in [1.54, 1.807) is 4.68 Å². The van der Waals surface area contributed by atoms with Crippen LogP contribution in [0, 0.1) is 0 Å². The number of rotatable bonds is 2. The third-order valence-corrected chi connectivity index (χ3v) is 2.97. The molecule has 0 unspecified atom stereocenters. The molecule has 4 heteroatoms. The maximum absolute atomic E-state index is 5.75. The summed E-state index contributed by atoms with van der Waals surface area (Å²) in [5.41, 5.74) is 10.0. The molecule has 0 aliphatic rings. The second-order valence-electron chi connectivity index (χ2n) is 4.13. The molecule has 0 spiro atoms. The van der Waals surface area contributed by atoms with Gasteiger partial charge in [0.05, 0.1) is 5.69 Å². The van der Waals surface area contributed by atoms with E-state index >= 15 is 0 Å². The molecule has 86 valence electrons. The molecule has 17 heavy (non-hydrogen) atoms. The number of nitrogens with one attached hydrogen (secondary N) is 1. The lowest BCUT2D eigenvalue weighted by atomic mass is 10.1. The van der Waals surface area contributed by atoms with Gasteiger partial charge in [-0.15, -0.1) is 0 Å². The summed E-state index contributed by atoms with van der Waals surface area (Å²) < 4.78 is 1.80. The Bertz CT molecular complexity index is 663. The molecule has 0 aliphatic heterocycles. The average molecular weight is 226 g/mol. The number of nitrogens with two attached hydrogens (primary N) is 1. The van der Waals surface area contributed by atoms with E-state index in [4.69, 9.17) is 5.73 Å². The number of H-pyrrole nitrogens is 1. The molecular weight excluding hydrogens is 212 g/mol. The number of benzene rings is 1. The number of nitrogens with zero attached hydrogens (tertiary/aromatic N) is 2. The van der Waals surface area contributed by atoms with Crippen molar-refractivity contribution in [2.75, 3.05) is 0 Å². The molecular formula is C13H14N4. The zero-order chi connectivity index (χ0) is 11.8. The molecule has 1 aromatic carbocycles. The molecule has 4 nitrogen and oxygen atoms in total. The summed E-state index contributed by atoms with van der Waals surface area (Å²) in [6.07, 6.45) is 3.96. The first kappa shape index (κ1) is 10.1. The molecule has 2 aromatic heterocycles. The molecule has 0 atom stereocenters. The fourth-order valence-electron chi connectivity index (χ4n) is 2.18. The first-order chi connectivity index (χ1) is 8.29. The van der Waals surface area contributed by atoms with E-state index in [1.165, 1.54) is 5.39 Å². The monoisotopic (exact) mass is 226 g/mol. The Morgan fingerprint density at radius 3 is 3.00 bits per heavy atom. The molecule has 2 heterocycles. The second-order valence-corrected chi connectivity index (χ2v) is 4.13. The predicted octanol–water partition coefficient (Wildman–Crippen LogP) is 2.03. The number of aromatic amines is 1. The lowest BCUT2D eigenvalue weighted by Crippen LogP contribution is -1.96. The summed E-state index contributed by atoms with van der Waals surface area (Å²) in [6, 6.07) is 8.20. The number of aromatic nitrogens is 3. The van der Waals surface area contributed by atoms with Crippen molar-refractivity contribution in [2.45, 2.75) is 6.54 Å². The molecule has 3 N–H and O–H groups in total. The normalized spacial score (nSPS) is 11.2. The first-order valence-corrected chi connectivity index (χ1v) is 5.58. The minimum atomic E-state index is 0.503. The van der Waals surface area contributed by atoms with E-state index in [2.05, 4.69) is 22.2 Å². The Balaban J connectivity index is 2.26. The predicted molar refractivity (Wildman–Crippen MR) is 68.4 cm³/mol. The zero-order valence-corrected chi connectivity index (χ0v) is 9.64. The van der Waals surface area contributed by atoms with Crippen molar-refractivity contribution >= 4 is 10.9 Å². The van der Waals surface area contributed by atoms with Crippen molar-refractivity contribution < 1.29 is 0 Å². The smallest absolute Gasteiger partial charge is 0.0989 e. The van der Waals surface area contributed by atoms with Crippen LogP contribution < -0.4 is 5.73 Å². The van der Waals surface area contributed by atoms with Crippen LogP contribution in [0.3, 0.4) is 0 Å². The second kappa shape index (κ2) is 3.75. The zero-order valence-electron chi connectivity index (χ0n) is 9.64. The number of fused-ring (bicyclic) bond motifs is 1. The summed E-state index contributed by atoms with van der Waals surface area (Å²) in [5, 5.41) is 5.67. The summed E-state index contributed by atoms with van der Waals surface area (Å²) >= 11 is 0. The van der Waals surface area contributed by atoms with Crippen molar-refractivity contribution in [1.29, 1.82) is 0 Å². The number of hydrogen-bond donors (Lipinski definition) is 2. The van der Waals surface area contributed by atoms with Crippen molar-refractivity contribution in [3.05, 3.63) is 42.2 Å². The molecule has 0 bridgehead atoms. The lowest BCUT2D eigenvalue weighted by molar-refractivity contribution is 0.770. The third kappa shape index (κ3) is 1.54. The number of hydrogen-bond acceptors (Lipinski definition) is 2. The standard InChI is InChI=1S/C13H14N4/c1-17-8-9(6-14)13(16-17)11-7-15-12-5-3-2-4-10(11)12/h2-5,7-8,15H,6,14H2,1H3. The fraction of sp³-hybridized carbons (Fsp3) is 0.154. The van der Waals surface area contributed by atoms with Gasteiger partial charge in [0, 0.05) is 48.0 Å². The first-order valence-electron chi connectivity index (χ1n) is 5.58. The van der Waals surface area contributed by atoms with Crippen LogP contribution in [0.25, 0.3) is 22.2 Å². The molecule has 3 aromatic rings. The molecule has 0 amide bonds. The molecule has 0 saturated carbocycles. The van der Waals surface area contributed by atoms with Crippen LogP contribution in [0.2, 0.25) is 0 Å². The van der Waals surface area contributed by atoms with Crippen LogP contribution in [0.1, 0.15) is 5.56 Å². The van der Waals surface area contributed by atoms with Crippen LogP contribution in [0.15, 0.2) is 36.7 Å². The highest BCUT2D eigenvalue weighted by atomic mass is 15.3. The van der Waals surface area contributed by atoms with Crippen LogP contribution >= 0.6 is 0 Å². The molecule has 0 radical (unpaired) electrons. The maximum atomic E-state index is 5.75. The Kier molecular flexibility index (Phi) is 2.23. The molecule has 3 rings (SSSR count). The van der Waals surface area contributed by atoms with Gasteiger partial charge in [-0.1, -0.05) is 18.2 Å². The Labute approximate surface area is 99.1 Å². The highest BCUT2D eigenvalue weighted by Gasteiger charge is 2.12. The van der Waals surface area contributed by atoms with Gasteiger partial charge in [-0.05, 0) is 6.07 Å². The van der Waals surface area contributed by atoms with Gasteiger partial charge in [-0.2, -0.15) is 5.10 Å². The lowest BCUT2D eigenvalue weighted by Gasteiger charge is -1.97. The van der Waals surface area contributed by atoms with Gasteiger partial charge in [0.1, 0.15) is 0 Å². The van der Waals surface area contributed by atoms with Gasteiger partial charge >= 0.3 is 0 Å². The van der Waals surface area contributed by atoms with Crippen molar-refractivity contribution in [2.24, 2.45) is 12.8 Å². The minimum Gasteiger partial charge on any atom is -0.360 e. The van der Waals surface area contributed by atoms with Crippen LogP contribution in [-0.4, -0.2) is 14.8 Å². The van der Waals surface area contributed by atoms with Gasteiger partial charge in [-0.3, -0.25) is 4.68 Å². The number of aryl methyl sites for hydroxylation is 1. The van der Waals surface area contributed by atoms with Gasteiger partial charge < -0.3 is 10.7 Å². The van der Waals surface area contributed by atoms with E-state index in [-0.39, 0.29) is 0 Å². The summed E-state index contributed by atoms with van der Waals surface area (Å²) in [7, 11) is 1.91. The SMILES string of the molecule is Cn1cc(CN)c(-c2c[nH]c3ccccc23)n1. The molecule has 0 aliphatic carbocycles. The minimum absolute atomic E-state index is 0.503. The van der Waals surface area contributed by atoms with Gasteiger partial charge in [0.25, 0.3) is 0 Å². The van der Waals surface area contributed by atoms with Crippen molar-refractivity contribution in [3.63, 3.8) is 0 Å². The van der Waals surface area contributed by atoms with Crippen LogP contribution in [0.5, 0.6) is 0 Å². The summed E-state index contributed by atoms with van der Waals surface area (Å²) in [4.78, 5) is 3.26. The van der Waals surface area contributed by atoms with Gasteiger partial charge in [-0.25, -0.2) is 0 Å². The Hall–Kier alpha value is -2.07. The largest absolute Gasteiger partial charge is 0.360 e. The van der Waals surface area contributed by atoms with Crippen molar-refractivity contribution in [3.8, 4) is 11.3 Å². The summed E-state index contributed by atoms with van der Waals surface area (Å²) in [6.45, 7) is 0.503. The Morgan fingerprint density at radius 2 is 2.18 bits per heavy atom. The van der Waals surface area contributed by atoms with E-state index in [0.29, 0.717) is 6.54 Å². The fourth-order valence-corrected chi connectivity index (χ4v) is 2.18. The quantitative estimate of drug-likeness (QED) is 0.702. The summed E-state index contributed by atoms with van der Waals surface area (Å²) in [5.74, 6) is 0. The average Bonchev–Trinajstić information content (AvgIpc) is 2.91. The third-order valence-electron chi connectivity index (χ3n) is 2.97. The van der Waals surface area contributed by atoms with E-state index in [0.717, 1.165) is 22.3 Å². The molecule has 0 fully saturated rings. The Morgan fingerprint density at radius 1 is 1.35 bits per heavy atom. The van der Waals surface area contributed by atoms with Gasteiger partial charge in [0.2, 0.25) is 0 Å². The molecule has 0 saturated heterocycles. The van der Waals surface area contributed by atoms with Crippen molar-refractivity contribution in [1.82, 2.24) is 14.8 Å². The highest BCUT2D eigenvalue weighted by molar-refractivity contribution is 5.95. The van der Waals surface area contributed by atoms with Gasteiger partial charge in [0.15, 0.2) is 0 Å². The number of para-hydroxylation sites is 1. The van der Waals surface area contributed by atoms with E-state index < -0.39 is 0 Å². The van der Waals surface area contributed by atoms with Crippen LogP contribution in [0.4, 0.5) is 0 Å². The van der Waals surface area contributed by atoms with E-state index in [1.807, 2.05) is 31.6 Å². The highest BCUT2D eigenvalue weighted by Crippen LogP contribution is 2.29. The topological polar surface area (TPSA) is 59.6 Å². The van der Waals surface area contributed by atoms with Crippen LogP contribution in [-0.2, 0) is 13.6 Å². The maximum Gasteiger partial charge on any atom is 0.0989 e.